The Balaban J connectivity index is 2.23. The van der Waals surface area contributed by atoms with E-state index in [4.69, 9.17) is 11.6 Å². The molecular weight excluding hydrogens is 275 g/mol. The summed E-state index contributed by atoms with van der Waals surface area (Å²) in [6.45, 7) is 6.72. The minimum absolute atomic E-state index is 0.240. The molecule has 0 amide bonds. The van der Waals surface area contributed by atoms with E-state index in [9.17, 15) is 9.50 Å². The lowest BCUT2D eigenvalue weighted by Crippen LogP contribution is -2.27. The van der Waals surface area contributed by atoms with Gasteiger partial charge in [0.15, 0.2) is 0 Å². The molecule has 0 aliphatic heterocycles. The highest BCUT2D eigenvalue weighted by atomic mass is 35.5. The molecule has 3 heteroatoms. The van der Waals surface area contributed by atoms with Crippen LogP contribution in [-0.2, 0) is 5.60 Å². The van der Waals surface area contributed by atoms with Crippen molar-refractivity contribution in [3.05, 3.63) is 34.6 Å². The summed E-state index contributed by atoms with van der Waals surface area (Å²) in [7, 11) is 0. The second-order valence-corrected chi connectivity index (χ2v) is 7.59. The van der Waals surface area contributed by atoms with E-state index >= 15 is 0 Å². The first-order valence-electron chi connectivity index (χ1n) is 7.40. The molecule has 1 saturated carbocycles. The van der Waals surface area contributed by atoms with Gasteiger partial charge in [0.1, 0.15) is 5.82 Å². The van der Waals surface area contributed by atoms with Crippen LogP contribution in [0.3, 0.4) is 0 Å². The number of hydrogen-bond donors (Lipinski definition) is 1. The fourth-order valence-electron chi connectivity index (χ4n) is 3.33. The fourth-order valence-corrected chi connectivity index (χ4v) is 3.48. The van der Waals surface area contributed by atoms with Crippen LogP contribution >= 0.6 is 11.6 Å². The van der Waals surface area contributed by atoms with Crippen LogP contribution in [0, 0.1) is 17.2 Å². The molecule has 20 heavy (non-hydrogen) atoms. The molecular formula is C17H24ClFO. The minimum atomic E-state index is -1.05. The average molecular weight is 299 g/mol. The van der Waals surface area contributed by atoms with Crippen molar-refractivity contribution in [2.75, 3.05) is 0 Å². The Labute approximate surface area is 126 Å². The van der Waals surface area contributed by atoms with Crippen LogP contribution in [0.4, 0.5) is 4.39 Å². The summed E-state index contributed by atoms with van der Waals surface area (Å²) < 4.78 is 14.1. The summed E-state index contributed by atoms with van der Waals surface area (Å²) in [4.78, 5) is 0. The monoisotopic (exact) mass is 298 g/mol. The van der Waals surface area contributed by atoms with E-state index in [1.165, 1.54) is 6.07 Å². The van der Waals surface area contributed by atoms with Crippen molar-refractivity contribution < 1.29 is 9.50 Å². The summed E-state index contributed by atoms with van der Waals surface area (Å²) in [6, 6.07) is 4.58. The molecule has 0 radical (unpaired) electrons. The topological polar surface area (TPSA) is 20.2 Å². The van der Waals surface area contributed by atoms with Gasteiger partial charge in [-0.1, -0.05) is 38.4 Å². The van der Waals surface area contributed by atoms with Crippen LogP contribution in [0.5, 0.6) is 0 Å². The molecule has 0 bridgehead atoms. The maximum Gasteiger partial charge on any atom is 0.130 e. The maximum atomic E-state index is 14.1. The number of aliphatic hydroxyl groups is 1. The van der Waals surface area contributed by atoms with Gasteiger partial charge >= 0.3 is 0 Å². The van der Waals surface area contributed by atoms with Crippen molar-refractivity contribution >= 4 is 11.6 Å². The van der Waals surface area contributed by atoms with Crippen molar-refractivity contribution in [3.63, 3.8) is 0 Å². The van der Waals surface area contributed by atoms with Crippen LogP contribution in [0.1, 0.15) is 58.4 Å². The van der Waals surface area contributed by atoms with E-state index in [1.54, 1.807) is 12.1 Å². The second-order valence-electron chi connectivity index (χ2n) is 7.15. The molecule has 0 spiro atoms. The lowest BCUT2D eigenvalue weighted by atomic mass is 9.76. The van der Waals surface area contributed by atoms with Gasteiger partial charge in [-0.15, -0.1) is 0 Å². The van der Waals surface area contributed by atoms with E-state index in [0.717, 1.165) is 19.3 Å². The Morgan fingerprint density at radius 2 is 1.95 bits per heavy atom. The molecule has 1 nitrogen and oxygen atoms in total. The van der Waals surface area contributed by atoms with Gasteiger partial charge in [-0.3, -0.25) is 0 Å². The molecule has 1 N–H and O–H groups in total. The molecule has 0 saturated heterocycles. The summed E-state index contributed by atoms with van der Waals surface area (Å²) in [5, 5.41) is 11.3. The molecule has 2 unspecified atom stereocenters. The Hall–Kier alpha value is -0.600. The minimum Gasteiger partial charge on any atom is -0.385 e. The van der Waals surface area contributed by atoms with Crippen molar-refractivity contribution in [3.8, 4) is 0 Å². The Bertz CT molecular complexity index is 480. The molecule has 2 atom stereocenters. The normalized spacial score (nSPS) is 28.2. The van der Waals surface area contributed by atoms with E-state index in [0.29, 0.717) is 29.3 Å². The summed E-state index contributed by atoms with van der Waals surface area (Å²) in [5.74, 6) is 0.182. The first-order chi connectivity index (χ1) is 9.22. The quantitative estimate of drug-likeness (QED) is 0.698. The Morgan fingerprint density at radius 3 is 2.55 bits per heavy atom. The zero-order chi connectivity index (χ0) is 15.0. The third-order valence-electron chi connectivity index (χ3n) is 4.71. The largest absolute Gasteiger partial charge is 0.385 e. The average Bonchev–Trinajstić information content (AvgIpc) is 2.51. The van der Waals surface area contributed by atoms with Crippen LogP contribution in [0.15, 0.2) is 18.2 Å². The fraction of sp³-hybridized carbons (Fsp3) is 0.647. The highest BCUT2D eigenvalue weighted by Gasteiger charge is 2.37. The highest BCUT2D eigenvalue weighted by Crippen LogP contribution is 2.44. The molecule has 1 aromatic carbocycles. The van der Waals surface area contributed by atoms with Crippen LogP contribution in [0.25, 0.3) is 0 Å². The molecule has 2 rings (SSSR count). The zero-order valence-corrected chi connectivity index (χ0v) is 13.3. The van der Waals surface area contributed by atoms with E-state index in [-0.39, 0.29) is 5.41 Å². The molecule has 1 aromatic rings. The summed E-state index contributed by atoms with van der Waals surface area (Å²) in [6.07, 6.45) is 4.20. The van der Waals surface area contributed by atoms with Crippen molar-refractivity contribution in [2.45, 2.75) is 58.5 Å². The van der Waals surface area contributed by atoms with Gasteiger partial charge in [-0.05, 0) is 55.6 Å². The van der Waals surface area contributed by atoms with E-state index in [2.05, 4.69) is 20.8 Å². The number of halogens is 2. The van der Waals surface area contributed by atoms with Gasteiger partial charge in [0.2, 0.25) is 0 Å². The predicted octanol–water partition coefficient (Wildman–Crippen LogP) is 5.29. The highest BCUT2D eigenvalue weighted by molar-refractivity contribution is 6.30. The third-order valence-corrected chi connectivity index (χ3v) is 4.94. The molecule has 112 valence electrons. The predicted molar refractivity (Wildman–Crippen MR) is 81.3 cm³/mol. The van der Waals surface area contributed by atoms with Crippen molar-refractivity contribution in [1.82, 2.24) is 0 Å². The third kappa shape index (κ3) is 3.35. The molecule has 1 aliphatic rings. The second kappa shape index (κ2) is 5.65. The molecule has 0 aromatic heterocycles. The van der Waals surface area contributed by atoms with Crippen molar-refractivity contribution in [2.24, 2.45) is 11.3 Å². The number of rotatable bonds is 1. The van der Waals surface area contributed by atoms with Crippen molar-refractivity contribution in [1.29, 1.82) is 0 Å². The maximum absolute atomic E-state index is 14.1. The Morgan fingerprint density at radius 1 is 1.25 bits per heavy atom. The summed E-state index contributed by atoms with van der Waals surface area (Å²) in [5.41, 5.74) is -0.408. The lowest BCUT2D eigenvalue weighted by molar-refractivity contribution is 0.0146. The molecule has 1 fully saturated rings. The first-order valence-corrected chi connectivity index (χ1v) is 7.78. The van der Waals surface area contributed by atoms with Gasteiger partial charge in [0.05, 0.1) is 5.60 Å². The zero-order valence-electron chi connectivity index (χ0n) is 12.5. The van der Waals surface area contributed by atoms with Crippen LogP contribution in [-0.4, -0.2) is 5.11 Å². The summed E-state index contributed by atoms with van der Waals surface area (Å²) >= 11 is 5.79. The SMILES string of the molecule is CC(C)(C)C1CCCC(O)(c2ccc(Cl)cc2F)CC1. The smallest absolute Gasteiger partial charge is 0.130 e. The van der Waals surface area contributed by atoms with Crippen LogP contribution < -0.4 is 0 Å². The standard InChI is InChI=1S/C17H24ClFO/c1-16(2,3)12-5-4-9-17(20,10-8-12)14-7-6-13(18)11-15(14)19/h6-7,11-12,20H,4-5,8-10H2,1-3H3. The van der Waals surface area contributed by atoms with Gasteiger partial charge in [-0.25, -0.2) is 4.39 Å². The van der Waals surface area contributed by atoms with Gasteiger partial charge in [-0.2, -0.15) is 0 Å². The van der Waals surface area contributed by atoms with E-state index in [1.807, 2.05) is 0 Å². The van der Waals surface area contributed by atoms with Gasteiger partial charge in [0.25, 0.3) is 0 Å². The van der Waals surface area contributed by atoms with Crippen LogP contribution in [0.2, 0.25) is 5.02 Å². The van der Waals surface area contributed by atoms with Gasteiger partial charge < -0.3 is 5.11 Å². The molecule has 0 heterocycles. The Kier molecular flexibility index (Phi) is 4.46. The van der Waals surface area contributed by atoms with Gasteiger partial charge in [0, 0.05) is 10.6 Å². The van der Waals surface area contributed by atoms with E-state index < -0.39 is 11.4 Å². The number of benzene rings is 1. The lowest BCUT2D eigenvalue weighted by Gasteiger charge is -2.31. The molecule has 1 aliphatic carbocycles. The number of hydrogen-bond acceptors (Lipinski definition) is 1. The first kappa shape index (κ1) is 15.8.